The first-order chi connectivity index (χ1) is 11.5. The maximum atomic E-state index is 12.5. The van der Waals surface area contributed by atoms with Crippen LogP contribution in [0.4, 0.5) is 5.69 Å². The number of nitroso groups, excluding NO2 is 1. The number of aromatic nitrogens is 1. The molecule has 0 saturated carbocycles. The summed E-state index contributed by atoms with van der Waals surface area (Å²) in [6.07, 6.45) is 2.25. The van der Waals surface area contributed by atoms with E-state index >= 15 is 0 Å². The van der Waals surface area contributed by atoms with Crippen LogP contribution >= 0.6 is 0 Å². The highest BCUT2D eigenvalue weighted by molar-refractivity contribution is 5.86. The third kappa shape index (κ3) is 2.87. The Labute approximate surface area is 140 Å². The predicted molar refractivity (Wildman–Crippen MR) is 91.4 cm³/mol. The van der Waals surface area contributed by atoms with Gasteiger partial charge in [-0.05, 0) is 29.7 Å². The van der Waals surface area contributed by atoms with Gasteiger partial charge >= 0.3 is 5.84 Å². The van der Waals surface area contributed by atoms with E-state index in [-0.39, 0.29) is 6.54 Å². The molecule has 1 aliphatic rings. The fourth-order valence-electron chi connectivity index (χ4n) is 2.87. The topological polar surface area (TPSA) is 63.8 Å². The maximum absolute atomic E-state index is 12.5. The maximum Gasteiger partial charge on any atom is 0.342 e. The number of aliphatic imine (C=N–C) groups is 1. The Morgan fingerprint density at radius 2 is 2.00 bits per heavy atom. The van der Waals surface area contributed by atoms with Crippen molar-refractivity contribution < 1.29 is 14.2 Å². The summed E-state index contributed by atoms with van der Waals surface area (Å²) in [5.41, 5.74) is 4.35. The van der Waals surface area contributed by atoms with Crippen LogP contribution in [0.2, 0.25) is 0 Å². The van der Waals surface area contributed by atoms with Crippen molar-refractivity contribution in [2.75, 3.05) is 14.2 Å². The van der Waals surface area contributed by atoms with Crippen molar-refractivity contribution in [3.63, 3.8) is 0 Å². The molecule has 0 fully saturated rings. The van der Waals surface area contributed by atoms with Gasteiger partial charge in [0.1, 0.15) is 11.5 Å². The van der Waals surface area contributed by atoms with Crippen molar-refractivity contribution in [3.05, 3.63) is 51.7 Å². The van der Waals surface area contributed by atoms with E-state index in [4.69, 9.17) is 9.47 Å². The zero-order chi connectivity index (χ0) is 17.3. The second kappa shape index (κ2) is 6.39. The lowest BCUT2D eigenvalue weighted by Gasteiger charge is -2.10. The van der Waals surface area contributed by atoms with Gasteiger partial charge in [-0.2, -0.15) is 0 Å². The molecule has 124 valence electrons. The molecule has 0 bridgehead atoms. The Morgan fingerprint density at radius 3 is 2.71 bits per heavy atom. The molecular formula is C18H20N3O3+. The smallest absolute Gasteiger partial charge is 0.342 e. The first-order valence-corrected chi connectivity index (χ1v) is 7.71. The van der Waals surface area contributed by atoms with E-state index in [1.165, 1.54) is 0 Å². The molecule has 6 nitrogen and oxygen atoms in total. The number of benzene rings is 1. The molecule has 6 heteroatoms. The molecule has 0 unspecified atom stereocenters. The molecule has 0 saturated heterocycles. The number of nitrogens with zero attached hydrogens (tertiary/aromatic N) is 3. The predicted octanol–water partition coefficient (Wildman–Crippen LogP) is 3.28. The van der Waals surface area contributed by atoms with Gasteiger partial charge in [-0.3, -0.25) is 4.98 Å². The van der Waals surface area contributed by atoms with Gasteiger partial charge in [0.15, 0.2) is 12.2 Å². The molecule has 1 aromatic carbocycles. The van der Waals surface area contributed by atoms with Gasteiger partial charge in [0, 0.05) is 29.0 Å². The summed E-state index contributed by atoms with van der Waals surface area (Å²) in [5.74, 6) is 1.99. The minimum Gasteiger partial charge on any atom is -0.497 e. The number of ether oxygens (including phenoxy) is 2. The molecular weight excluding hydrogens is 306 g/mol. The average Bonchev–Trinajstić information content (AvgIpc) is 3.01. The number of pyridine rings is 1. The van der Waals surface area contributed by atoms with Crippen LogP contribution in [0.3, 0.4) is 0 Å². The van der Waals surface area contributed by atoms with Gasteiger partial charge in [-0.1, -0.05) is 11.0 Å². The number of methoxy groups -OCH3 is 2. The summed E-state index contributed by atoms with van der Waals surface area (Å²) in [4.78, 5) is 21.4. The molecule has 0 atom stereocenters. The fourth-order valence-corrected chi connectivity index (χ4v) is 2.87. The van der Waals surface area contributed by atoms with Gasteiger partial charge in [-0.15, -0.1) is 0 Å². The highest BCUT2D eigenvalue weighted by Crippen LogP contribution is 2.31. The quantitative estimate of drug-likeness (QED) is 0.809. The lowest BCUT2D eigenvalue weighted by atomic mass is 10.1. The van der Waals surface area contributed by atoms with Gasteiger partial charge in [-0.25, -0.2) is 0 Å². The summed E-state index contributed by atoms with van der Waals surface area (Å²) in [5, 5.41) is 0. The second-order valence-electron chi connectivity index (χ2n) is 5.78. The highest BCUT2D eigenvalue weighted by Gasteiger charge is 2.30. The number of hydrogen-bond acceptors (Lipinski definition) is 5. The average molecular weight is 326 g/mol. The van der Waals surface area contributed by atoms with Crippen LogP contribution < -0.4 is 9.47 Å². The Hall–Kier alpha value is -2.76. The number of aryl methyl sites for hydroxylation is 1. The number of hydrogen-bond donors (Lipinski definition) is 0. The molecule has 0 N–H and O–H groups in total. The minimum atomic E-state index is 0.145. The van der Waals surface area contributed by atoms with Crippen LogP contribution in [-0.4, -0.2) is 29.8 Å². The van der Waals surface area contributed by atoms with Gasteiger partial charge in [0.25, 0.3) is 0 Å². The Kier molecular flexibility index (Phi) is 4.29. The lowest BCUT2D eigenvalue weighted by molar-refractivity contribution is -0.451. The van der Waals surface area contributed by atoms with Crippen molar-refractivity contribution in [3.8, 4) is 11.5 Å². The van der Waals surface area contributed by atoms with Crippen LogP contribution in [0.1, 0.15) is 22.4 Å². The third-order valence-corrected chi connectivity index (χ3v) is 4.22. The standard InChI is InChI=1S/C18H20N3O3/c1-11-9-19-16(12(2)18(11)24-4)10-21(22)17-7-13-5-6-14(23-3)8-15(13)20-17/h5-6,8-9H,7,10H2,1-4H3/q+1. The summed E-state index contributed by atoms with van der Waals surface area (Å²) in [7, 11) is 3.24. The van der Waals surface area contributed by atoms with Gasteiger partial charge in [0.2, 0.25) is 0 Å². The van der Waals surface area contributed by atoms with Gasteiger partial charge < -0.3 is 9.47 Å². The molecule has 0 spiro atoms. The van der Waals surface area contributed by atoms with E-state index in [2.05, 4.69) is 9.98 Å². The normalized spacial score (nSPS) is 12.6. The molecule has 1 aliphatic heterocycles. The van der Waals surface area contributed by atoms with Crippen molar-refractivity contribution in [1.82, 2.24) is 4.98 Å². The molecule has 0 radical (unpaired) electrons. The molecule has 0 amide bonds. The number of rotatable bonds is 4. The summed E-state index contributed by atoms with van der Waals surface area (Å²) in [6, 6.07) is 5.66. The van der Waals surface area contributed by atoms with Crippen molar-refractivity contribution >= 4 is 11.5 Å². The molecule has 3 rings (SSSR count). The Bertz CT molecular complexity index is 844. The number of fused-ring (bicyclic) bond motifs is 1. The SMILES string of the molecule is COc1ccc2c(c1)N=C([N+](=O)Cc1ncc(C)c(OC)c1C)C2. The fraction of sp³-hybridized carbons (Fsp3) is 0.333. The minimum absolute atomic E-state index is 0.145. The van der Waals surface area contributed by atoms with Crippen LogP contribution in [0.5, 0.6) is 11.5 Å². The second-order valence-corrected chi connectivity index (χ2v) is 5.78. The summed E-state index contributed by atoms with van der Waals surface area (Å²) in [6.45, 7) is 3.99. The molecule has 24 heavy (non-hydrogen) atoms. The molecule has 2 aromatic rings. The molecule has 0 aliphatic carbocycles. The third-order valence-electron chi connectivity index (χ3n) is 4.22. The van der Waals surface area contributed by atoms with E-state index in [0.29, 0.717) is 18.0 Å². The summed E-state index contributed by atoms with van der Waals surface area (Å²) >= 11 is 0. The van der Waals surface area contributed by atoms with E-state index in [0.717, 1.165) is 38.6 Å². The van der Waals surface area contributed by atoms with Crippen molar-refractivity contribution in [1.29, 1.82) is 0 Å². The Balaban J connectivity index is 1.82. The first kappa shape index (κ1) is 16.1. The lowest BCUT2D eigenvalue weighted by Crippen LogP contribution is -2.19. The van der Waals surface area contributed by atoms with Crippen LogP contribution in [0, 0.1) is 18.8 Å². The first-order valence-electron chi connectivity index (χ1n) is 7.71. The van der Waals surface area contributed by atoms with E-state index in [1.54, 1.807) is 20.4 Å². The van der Waals surface area contributed by atoms with E-state index in [9.17, 15) is 4.91 Å². The molecule has 2 heterocycles. The van der Waals surface area contributed by atoms with E-state index in [1.807, 2.05) is 32.0 Å². The van der Waals surface area contributed by atoms with Crippen LogP contribution in [0.15, 0.2) is 29.4 Å². The number of amidine groups is 1. The highest BCUT2D eigenvalue weighted by atomic mass is 16.5. The van der Waals surface area contributed by atoms with Crippen molar-refractivity contribution in [2.45, 2.75) is 26.8 Å². The largest absolute Gasteiger partial charge is 0.497 e. The zero-order valence-electron chi connectivity index (χ0n) is 14.3. The van der Waals surface area contributed by atoms with Crippen LogP contribution in [-0.2, 0) is 13.0 Å². The summed E-state index contributed by atoms with van der Waals surface area (Å²) < 4.78 is 11.5. The van der Waals surface area contributed by atoms with Crippen LogP contribution in [0.25, 0.3) is 0 Å². The Morgan fingerprint density at radius 1 is 1.21 bits per heavy atom. The van der Waals surface area contributed by atoms with Gasteiger partial charge in [0.05, 0.1) is 26.3 Å². The monoisotopic (exact) mass is 326 g/mol. The molecule has 1 aromatic heterocycles. The zero-order valence-corrected chi connectivity index (χ0v) is 14.3. The van der Waals surface area contributed by atoms with Crippen molar-refractivity contribution in [2.24, 2.45) is 4.99 Å². The van der Waals surface area contributed by atoms with E-state index < -0.39 is 0 Å².